The zero-order valence-corrected chi connectivity index (χ0v) is 42.4. The number of aromatic amines is 1. The number of likely N-dealkylation sites (N-methyl/N-ethyl adjacent to an activating group) is 1. The number of hydrogen-bond acceptors (Lipinski definition) is 20. The molecule has 30 heteroatoms. The van der Waals surface area contributed by atoms with E-state index in [-0.39, 0.29) is 44.1 Å². The molecule has 2 aromatic rings. The first kappa shape index (κ1) is 58.6. The number of amides is 7. The summed E-state index contributed by atoms with van der Waals surface area (Å²) in [6.07, 6.45) is -15.0. The average molecular weight is 1080 g/mol. The lowest BCUT2D eigenvalue weighted by molar-refractivity contribution is -0.233. The van der Waals surface area contributed by atoms with E-state index in [2.05, 4.69) is 36.9 Å². The highest BCUT2D eigenvalue weighted by atomic mass is 19.1. The minimum absolute atomic E-state index is 0.0585. The van der Waals surface area contributed by atoms with Gasteiger partial charge < -0.3 is 87.0 Å². The maximum absolute atomic E-state index is 14.9. The van der Waals surface area contributed by atoms with Gasteiger partial charge in [-0.15, -0.1) is 0 Å². The number of H-pyrrole nitrogens is 1. The van der Waals surface area contributed by atoms with Gasteiger partial charge in [0.25, 0.3) is 11.5 Å². The number of aliphatic carboxylic acids is 1. The molecule has 0 bridgehead atoms. The molecule has 3 fully saturated rings. The summed E-state index contributed by atoms with van der Waals surface area (Å²) in [5.74, 6) is -6.25. The normalized spacial score (nSPS) is 27.6. The van der Waals surface area contributed by atoms with E-state index < -0.39 is 163 Å². The second kappa shape index (κ2) is 25.5. The van der Waals surface area contributed by atoms with Gasteiger partial charge in [-0.25, -0.2) is 28.5 Å². The van der Waals surface area contributed by atoms with Crippen LogP contribution in [0.15, 0.2) is 51.1 Å². The van der Waals surface area contributed by atoms with Gasteiger partial charge in [-0.2, -0.15) is 0 Å². The third-order valence-corrected chi connectivity index (χ3v) is 13.4. The van der Waals surface area contributed by atoms with Crippen molar-refractivity contribution in [3.05, 3.63) is 63.2 Å². The number of nitrogens with one attached hydrogen (secondary N) is 7. The van der Waals surface area contributed by atoms with Gasteiger partial charge in [-0.05, 0) is 56.0 Å². The molecule has 3 saturated heterocycles. The summed E-state index contributed by atoms with van der Waals surface area (Å²) in [5.41, 5.74) is 3.96. The first-order valence-electron chi connectivity index (χ1n) is 24.5. The van der Waals surface area contributed by atoms with E-state index in [9.17, 15) is 68.3 Å². The third-order valence-electron chi connectivity index (χ3n) is 13.4. The van der Waals surface area contributed by atoms with Gasteiger partial charge in [0, 0.05) is 45.6 Å². The number of imide groups is 1. The van der Waals surface area contributed by atoms with E-state index in [1.54, 1.807) is 34.7 Å². The van der Waals surface area contributed by atoms with Gasteiger partial charge in [0.05, 0.1) is 17.8 Å². The zero-order chi connectivity index (χ0) is 55.9. The highest BCUT2D eigenvalue weighted by molar-refractivity contribution is 6.21. The minimum Gasteiger partial charge on any atom is -0.480 e. The molecule has 4 aliphatic rings. The van der Waals surface area contributed by atoms with Crippen LogP contribution in [-0.4, -0.2) is 207 Å². The largest absolute Gasteiger partial charge is 0.480 e. The number of carbonyl (C=O) groups is 6. The van der Waals surface area contributed by atoms with E-state index in [0.29, 0.717) is 4.90 Å². The van der Waals surface area contributed by atoms with Crippen molar-refractivity contribution >= 4 is 47.4 Å². The number of methoxy groups -OCH3 is 1. The van der Waals surface area contributed by atoms with Gasteiger partial charge in [-0.3, -0.25) is 33.7 Å². The molecule has 4 aliphatic heterocycles. The van der Waals surface area contributed by atoms with Gasteiger partial charge in [-0.1, -0.05) is 27.7 Å². The van der Waals surface area contributed by atoms with Crippen LogP contribution in [0.5, 0.6) is 0 Å². The number of anilines is 1. The predicted octanol–water partition coefficient (Wildman–Crippen LogP) is -4.70. The smallest absolute Gasteiger partial charge is 0.332 e. The zero-order valence-electron chi connectivity index (χ0n) is 42.4. The summed E-state index contributed by atoms with van der Waals surface area (Å²) in [7, 11) is 2.83. The predicted molar refractivity (Wildman–Crippen MR) is 261 cm³/mol. The third kappa shape index (κ3) is 13.1. The number of aliphatic imine (C=N–C) groups is 1. The Morgan fingerprint density at radius 2 is 1.63 bits per heavy atom. The van der Waals surface area contributed by atoms with Crippen LogP contribution < -0.4 is 53.8 Å². The molecule has 420 valence electrons. The standard InChI is InChI=1S/C46H67FN12O17/c1-19(2)26(41(68)69)55-44(70)56-27(23-12-15-51-43(48)52-23)38(66)54-28(30(61)20(3)4)37(65)50-14-7-16-57-29(39(67)59(46(57)72)22-10-8-21(47)9-11-22)34(76-42-36(73-6)31(62)24(74-42)18-49-5)35-32(63)33(64)40(75-35)58-17-13-25(60)53-45(58)71/h8-11,13,17,19-20,23-24,26-36,40,42,49,61-64H,7,12,14-16,18H2,1-6H3,(H,50,65)(H,54,66)(H,68,69)(H3,48,51,52)(H,53,60,71)(H2,55,56,70)/t23?,24-,26?,27?,28?,29?,30?,31-,32+,33-,34?,35+,36-,40-,42?/m1/s1. The summed E-state index contributed by atoms with van der Waals surface area (Å²) in [6, 6.07) is -4.10. The summed E-state index contributed by atoms with van der Waals surface area (Å²) in [4.78, 5) is 115. The van der Waals surface area contributed by atoms with Crippen molar-refractivity contribution in [2.45, 2.75) is 132 Å². The summed E-state index contributed by atoms with van der Waals surface area (Å²) in [6.45, 7) is 5.74. The number of carbonyl (C=O) groups excluding carboxylic acids is 5. The monoisotopic (exact) mass is 1080 g/mol. The summed E-state index contributed by atoms with van der Waals surface area (Å²) >= 11 is 0. The number of halogens is 1. The molecule has 29 nitrogen and oxygen atoms in total. The van der Waals surface area contributed by atoms with Crippen molar-refractivity contribution in [1.82, 2.24) is 46.4 Å². The van der Waals surface area contributed by atoms with Crippen molar-refractivity contribution in [3.8, 4) is 0 Å². The van der Waals surface area contributed by atoms with E-state index in [1.165, 1.54) is 7.11 Å². The van der Waals surface area contributed by atoms with Crippen molar-refractivity contribution < 1.29 is 77.6 Å². The molecule has 7 amide bonds. The molecule has 6 rings (SSSR count). The molecule has 5 heterocycles. The van der Waals surface area contributed by atoms with Crippen LogP contribution in [0.4, 0.5) is 19.7 Å². The minimum atomic E-state index is -2.00. The van der Waals surface area contributed by atoms with Gasteiger partial charge in [0.15, 0.2) is 18.5 Å². The molecule has 0 radical (unpaired) electrons. The number of aliphatic hydroxyl groups is 4. The second-order valence-electron chi connectivity index (χ2n) is 19.3. The summed E-state index contributed by atoms with van der Waals surface area (Å²) < 4.78 is 39.1. The molecule has 0 aliphatic carbocycles. The van der Waals surface area contributed by atoms with Crippen LogP contribution in [-0.2, 0) is 38.1 Å². The van der Waals surface area contributed by atoms with Crippen LogP contribution >= 0.6 is 0 Å². The van der Waals surface area contributed by atoms with Gasteiger partial charge in [0.2, 0.25) is 11.8 Å². The maximum atomic E-state index is 14.9. The molecule has 76 heavy (non-hydrogen) atoms. The molecular formula is C46H67FN12O17. The first-order valence-corrected chi connectivity index (χ1v) is 24.5. The number of aromatic nitrogens is 2. The van der Waals surface area contributed by atoms with E-state index in [1.807, 2.05) is 4.98 Å². The van der Waals surface area contributed by atoms with Crippen LogP contribution in [0.3, 0.4) is 0 Å². The fourth-order valence-corrected chi connectivity index (χ4v) is 9.29. The number of guanidine groups is 1. The Balaban J connectivity index is 1.29. The lowest BCUT2D eigenvalue weighted by Gasteiger charge is -2.36. The Hall–Kier alpha value is -6.64. The van der Waals surface area contributed by atoms with Crippen LogP contribution in [0, 0.1) is 17.7 Å². The average Bonchev–Trinajstić information content (AvgIpc) is 3.93. The number of nitrogens with zero attached hydrogens (tertiary/aromatic N) is 4. The molecule has 0 spiro atoms. The van der Waals surface area contributed by atoms with E-state index >= 15 is 0 Å². The second-order valence-corrected chi connectivity index (χ2v) is 19.3. The Bertz CT molecular complexity index is 2550. The lowest BCUT2D eigenvalue weighted by atomic mass is 9.97. The Morgan fingerprint density at radius 3 is 2.24 bits per heavy atom. The fraction of sp³-hybridized carbons (Fsp3) is 0.630. The van der Waals surface area contributed by atoms with E-state index in [4.69, 9.17) is 24.7 Å². The number of carboxylic acid groups (broad SMARTS) is 1. The Morgan fingerprint density at radius 1 is 0.934 bits per heavy atom. The highest BCUT2D eigenvalue weighted by Gasteiger charge is 2.59. The Kier molecular flexibility index (Phi) is 19.6. The van der Waals surface area contributed by atoms with Crippen molar-refractivity contribution in [3.63, 3.8) is 0 Å². The molecule has 15 atom stereocenters. The quantitative estimate of drug-likeness (QED) is 0.0367. The molecule has 0 saturated carbocycles. The van der Waals surface area contributed by atoms with Crippen LogP contribution in [0.25, 0.3) is 0 Å². The van der Waals surface area contributed by atoms with E-state index in [0.717, 1.165) is 46.0 Å². The molecular weight excluding hydrogens is 1010 g/mol. The van der Waals surface area contributed by atoms with Gasteiger partial charge in [0.1, 0.15) is 72.7 Å². The number of hydrogen-bond donors (Lipinski definition) is 13. The summed E-state index contributed by atoms with van der Waals surface area (Å²) in [5, 5.41) is 70.8. The topological polar surface area (TPSA) is 412 Å². The number of rotatable bonds is 23. The number of aliphatic hydroxyl groups excluding tert-OH is 4. The number of carboxylic acids is 1. The van der Waals surface area contributed by atoms with Crippen LogP contribution in [0.1, 0.15) is 46.8 Å². The SMILES string of the molecule is CNC[C@H]1OC(OC(C2C(=O)N(c3ccc(F)cc3)C(=O)N2CCCNC(=O)C(NC(=O)C(NC(=O)NC(C(=O)O)C(C)C)C2CCN=C(N)N2)C(O)C(C)C)[C@H]2O[C@@H](n3ccc(=O)[nH]c3=O)[C@H](O)[C@@H]2O)[C@H](OC)[C@@H]1O. The molecule has 14 N–H and O–H groups in total. The Labute approximate surface area is 433 Å². The van der Waals surface area contributed by atoms with Crippen molar-refractivity contribution in [2.75, 3.05) is 45.2 Å². The van der Waals surface area contributed by atoms with Crippen molar-refractivity contribution in [1.29, 1.82) is 0 Å². The molecule has 8 unspecified atom stereocenters. The number of ether oxygens (including phenoxy) is 4. The van der Waals surface area contributed by atoms with Gasteiger partial charge >= 0.3 is 23.7 Å². The van der Waals surface area contributed by atoms with Crippen molar-refractivity contribution in [2.24, 2.45) is 22.6 Å². The highest BCUT2D eigenvalue weighted by Crippen LogP contribution is 2.38. The number of urea groups is 2. The molecule has 1 aromatic heterocycles. The number of nitrogens with two attached hydrogens (primary N) is 1. The molecule has 1 aromatic carbocycles. The lowest BCUT2D eigenvalue weighted by Crippen LogP contribution is -2.66. The van der Waals surface area contributed by atoms with Crippen LogP contribution in [0.2, 0.25) is 0 Å². The number of benzene rings is 1. The first-order chi connectivity index (χ1) is 36.0. The maximum Gasteiger partial charge on any atom is 0.332 e. The fourth-order valence-electron chi connectivity index (χ4n) is 9.29.